The van der Waals surface area contributed by atoms with E-state index in [-0.39, 0.29) is 17.1 Å². The predicted octanol–water partition coefficient (Wildman–Crippen LogP) is 4.87. The molecule has 0 spiro atoms. The van der Waals surface area contributed by atoms with Gasteiger partial charge in [-0.3, -0.25) is 9.78 Å². The Hall–Kier alpha value is -1.97. The molecule has 2 aromatic heterocycles. The summed E-state index contributed by atoms with van der Waals surface area (Å²) < 4.78 is 1.74. The Labute approximate surface area is 180 Å². The van der Waals surface area contributed by atoms with Crippen LogP contribution in [0.25, 0.3) is 0 Å². The molecule has 0 bridgehead atoms. The summed E-state index contributed by atoms with van der Waals surface area (Å²) in [5.74, 6) is 0.143. The molecule has 1 unspecified atom stereocenters. The normalized spacial score (nSPS) is 12.0. The summed E-state index contributed by atoms with van der Waals surface area (Å²) in [5, 5.41) is 15.1. The molecule has 146 valence electrons. The minimum atomic E-state index is -0.247. The van der Waals surface area contributed by atoms with Gasteiger partial charge in [0.2, 0.25) is 11.0 Å². The number of hydrogen-bond acceptors (Lipinski definition) is 7. The topological polar surface area (TPSA) is 79.8 Å². The molecule has 0 saturated carbocycles. The van der Waals surface area contributed by atoms with Gasteiger partial charge in [0.05, 0.1) is 5.25 Å². The van der Waals surface area contributed by atoms with Crippen molar-refractivity contribution in [1.82, 2.24) is 20.5 Å². The van der Waals surface area contributed by atoms with Gasteiger partial charge in [0.25, 0.3) is 0 Å². The number of aromatic nitrogens is 3. The van der Waals surface area contributed by atoms with E-state index in [2.05, 4.69) is 41.7 Å². The summed E-state index contributed by atoms with van der Waals surface area (Å²) in [6, 6.07) is 11.6. The highest BCUT2D eigenvalue weighted by atomic mass is 79.9. The number of hydrogen-bond donors (Lipinski definition) is 2. The molecular weight excluding hydrogens is 458 g/mol. The van der Waals surface area contributed by atoms with Gasteiger partial charge < -0.3 is 10.6 Å². The predicted molar refractivity (Wildman–Crippen MR) is 118 cm³/mol. The Kier molecular flexibility index (Phi) is 7.41. The van der Waals surface area contributed by atoms with Crippen molar-refractivity contribution in [2.45, 2.75) is 30.0 Å². The zero-order valence-electron chi connectivity index (χ0n) is 15.4. The Balaban J connectivity index is 1.61. The third-order valence-electron chi connectivity index (χ3n) is 3.76. The van der Waals surface area contributed by atoms with Crippen molar-refractivity contribution in [1.29, 1.82) is 0 Å². The van der Waals surface area contributed by atoms with Crippen LogP contribution in [0.3, 0.4) is 0 Å². The van der Waals surface area contributed by atoms with Gasteiger partial charge in [-0.25, -0.2) is 0 Å². The van der Waals surface area contributed by atoms with Crippen molar-refractivity contribution in [2.75, 3.05) is 5.32 Å². The van der Waals surface area contributed by atoms with Crippen molar-refractivity contribution in [3.63, 3.8) is 0 Å². The van der Waals surface area contributed by atoms with Crippen LogP contribution in [-0.2, 0) is 11.3 Å². The van der Waals surface area contributed by atoms with Crippen LogP contribution in [0.5, 0.6) is 0 Å². The van der Waals surface area contributed by atoms with E-state index in [0.717, 1.165) is 20.1 Å². The van der Waals surface area contributed by atoms with Gasteiger partial charge in [0.1, 0.15) is 0 Å². The number of carbonyl (C=O) groups is 1. The Morgan fingerprint density at radius 3 is 2.82 bits per heavy atom. The molecular formula is C19H20BrN5OS2. The zero-order chi connectivity index (χ0) is 19.9. The molecule has 1 amide bonds. The SMILES string of the molecule is CC(C)C(Sc1nnc(Nc2cccc(Br)c2)s1)C(=O)NCc1cccnc1. The summed E-state index contributed by atoms with van der Waals surface area (Å²) in [7, 11) is 0. The van der Waals surface area contributed by atoms with Gasteiger partial charge in [-0.2, -0.15) is 0 Å². The first kappa shape index (κ1) is 20.8. The first-order valence-electron chi connectivity index (χ1n) is 8.70. The number of pyridine rings is 1. The molecule has 0 fully saturated rings. The summed E-state index contributed by atoms with van der Waals surface area (Å²) in [6.45, 7) is 4.52. The number of rotatable bonds is 8. The van der Waals surface area contributed by atoms with Gasteiger partial charge in [0.15, 0.2) is 4.34 Å². The second-order valence-electron chi connectivity index (χ2n) is 6.37. The van der Waals surface area contributed by atoms with E-state index in [1.165, 1.54) is 23.1 Å². The molecule has 0 aliphatic rings. The van der Waals surface area contributed by atoms with E-state index < -0.39 is 0 Å². The maximum absolute atomic E-state index is 12.7. The Morgan fingerprint density at radius 1 is 1.25 bits per heavy atom. The second-order valence-corrected chi connectivity index (χ2v) is 9.65. The smallest absolute Gasteiger partial charge is 0.234 e. The molecule has 2 N–H and O–H groups in total. The number of nitrogens with zero attached hydrogens (tertiary/aromatic N) is 3. The number of nitrogens with one attached hydrogen (secondary N) is 2. The summed E-state index contributed by atoms with van der Waals surface area (Å²) in [5.41, 5.74) is 1.90. The highest BCUT2D eigenvalue weighted by Gasteiger charge is 2.25. The van der Waals surface area contributed by atoms with Crippen molar-refractivity contribution < 1.29 is 4.79 Å². The van der Waals surface area contributed by atoms with Gasteiger partial charge >= 0.3 is 0 Å². The van der Waals surface area contributed by atoms with E-state index in [0.29, 0.717) is 11.7 Å². The summed E-state index contributed by atoms with van der Waals surface area (Å²) in [6.07, 6.45) is 3.47. The number of thioether (sulfide) groups is 1. The second kappa shape index (κ2) is 9.99. The molecule has 0 aliphatic heterocycles. The van der Waals surface area contributed by atoms with Crippen LogP contribution in [0.1, 0.15) is 19.4 Å². The standard InChI is InChI=1S/C19H20BrN5OS2/c1-12(2)16(17(26)22-11-13-5-4-8-21-10-13)27-19-25-24-18(28-19)23-15-7-3-6-14(20)9-15/h3-10,12,16H,11H2,1-2H3,(H,22,26)(H,23,24). The van der Waals surface area contributed by atoms with E-state index in [1.807, 2.05) is 50.2 Å². The third kappa shape index (κ3) is 6.02. The molecule has 1 aromatic carbocycles. The molecule has 0 saturated heterocycles. The lowest BCUT2D eigenvalue weighted by molar-refractivity contribution is -0.121. The lowest BCUT2D eigenvalue weighted by Gasteiger charge is -2.18. The lowest BCUT2D eigenvalue weighted by atomic mass is 10.1. The molecule has 3 rings (SSSR count). The largest absolute Gasteiger partial charge is 0.351 e. The fraction of sp³-hybridized carbons (Fsp3) is 0.263. The number of carbonyl (C=O) groups excluding carboxylic acids is 1. The number of anilines is 2. The fourth-order valence-corrected chi connectivity index (χ4v) is 4.80. The van der Waals surface area contributed by atoms with E-state index in [9.17, 15) is 4.79 Å². The van der Waals surface area contributed by atoms with Crippen LogP contribution >= 0.6 is 39.0 Å². The van der Waals surface area contributed by atoms with Crippen molar-refractivity contribution in [3.8, 4) is 0 Å². The maximum Gasteiger partial charge on any atom is 0.234 e. The zero-order valence-corrected chi connectivity index (χ0v) is 18.6. The molecule has 0 aliphatic carbocycles. The lowest BCUT2D eigenvalue weighted by Crippen LogP contribution is -2.35. The molecule has 3 aromatic rings. The minimum absolute atomic E-state index is 0.0134. The van der Waals surface area contributed by atoms with Gasteiger partial charge in [-0.15, -0.1) is 10.2 Å². The highest BCUT2D eigenvalue weighted by molar-refractivity contribution is 9.10. The number of amides is 1. The van der Waals surface area contributed by atoms with Gasteiger partial charge in [0, 0.05) is 29.1 Å². The van der Waals surface area contributed by atoms with E-state index in [1.54, 1.807) is 12.4 Å². The molecule has 0 radical (unpaired) electrons. The van der Waals surface area contributed by atoms with Crippen LogP contribution in [-0.4, -0.2) is 26.3 Å². The monoisotopic (exact) mass is 477 g/mol. The van der Waals surface area contributed by atoms with Gasteiger partial charge in [-0.1, -0.05) is 65.0 Å². The van der Waals surface area contributed by atoms with Gasteiger partial charge in [-0.05, 0) is 35.7 Å². The number of benzene rings is 1. The molecule has 9 heteroatoms. The molecule has 1 atom stereocenters. The molecule has 28 heavy (non-hydrogen) atoms. The van der Waals surface area contributed by atoms with Crippen LogP contribution < -0.4 is 10.6 Å². The van der Waals surface area contributed by atoms with E-state index in [4.69, 9.17) is 0 Å². The Bertz CT molecular complexity index is 919. The number of halogens is 1. The van der Waals surface area contributed by atoms with Crippen LogP contribution in [0.15, 0.2) is 57.6 Å². The first-order valence-corrected chi connectivity index (χ1v) is 11.2. The van der Waals surface area contributed by atoms with Crippen molar-refractivity contribution in [2.24, 2.45) is 5.92 Å². The molecule has 6 nitrogen and oxygen atoms in total. The quantitative estimate of drug-likeness (QED) is 0.450. The summed E-state index contributed by atoms with van der Waals surface area (Å²) in [4.78, 5) is 16.8. The van der Waals surface area contributed by atoms with Crippen molar-refractivity contribution >= 4 is 55.8 Å². The minimum Gasteiger partial charge on any atom is -0.351 e. The average Bonchev–Trinajstić information content (AvgIpc) is 3.12. The third-order valence-corrected chi connectivity index (χ3v) is 6.72. The summed E-state index contributed by atoms with van der Waals surface area (Å²) >= 11 is 6.33. The van der Waals surface area contributed by atoms with E-state index >= 15 is 0 Å². The maximum atomic E-state index is 12.7. The average molecular weight is 478 g/mol. The highest BCUT2D eigenvalue weighted by Crippen LogP contribution is 2.33. The molecule has 2 heterocycles. The fourth-order valence-electron chi connectivity index (χ4n) is 2.39. The van der Waals surface area contributed by atoms with Crippen molar-refractivity contribution in [3.05, 3.63) is 58.8 Å². The van der Waals surface area contributed by atoms with Crippen LogP contribution in [0.2, 0.25) is 0 Å². The Morgan fingerprint density at radius 2 is 2.11 bits per heavy atom. The first-order chi connectivity index (χ1) is 13.5. The van der Waals surface area contributed by atoms with Crippen LogP contribution in [0.4, 0.5) is 10.8 Å². The van der Waals surface area contributed by atoms with Crippen LogP contribution in [0, 0.1) is 5.92 Å².